The zero-order chi connectivity index (χ0) is 14.7. The van der Waals surface area contributed by atoms with Crippen LogP contribution in [0.3, 0.4) is 0 Å². The van der Waals surface area contributed by atoms with Crippen LogP contribution in [0.4, 0.5) is 0 Å². The van der Waals surface area contributed by atoms with E-state index >= 15 is 0 Å². The van der Waals surface area contributed by atoms with E-state index in [4.69, 9.17) is 4.52 Å². The molecule has 1 atom stereocenters. The second kappa shape index (κ2) is 6.06. The van der Waals surface area contributed by atoms with Gasteiger partial charge in [0.1, 0.15) is 0 Å². The first-order chi connectivity index (χ1) is 9.50. The zero-order valence-electron chi connectivity index (χ0n) is 11.8. The summed E-state index contributed by atoms with van der Waals surface area (Å²) >= 11 is 0. The van der Waals surface area contributed by atoms with E-state index in [0.717, 1.165) is 16.7 Å². The quantitative estimate of drug-likeness (QED) is 0.811. The molecule has 0 radical (unpaired) electrons. The first kappa shape index (κ1) is 14.5. The Hall–Kier alpha value is -1.86. The molecule has 0 aliphatic carbocycles. The fourth-order valence-corrected chi connectivity index (χ4v) is 2.81. The minimum absolute atomic E-state index is 0.474. The molecular formula is C16H17O3P. The van der Waals surface area contributed by atoms with Crippen LogP contribution in [0.15, 0.2) is 42.5 Å². The third-order valence-corrected chi connectivity index (χ3v) is 4.65. The first-order valence-corrected chi connectivity index (χ1v) is 7.70. The lowest BCUT2D eigenvalue weighted by atomic mass is 9.99. The van der Waals surface area contributed by atoms with E-state index < -0.39 is 14.0 Å². The summed E-state index contributed by atoms with van der Waals surface area (Å²) in [5.74, 6) is -0.529. The predicted octanol–water partition coefficient (Wildman–Crippen LogP) is 3.57. The van der Waals surface area contributed by atoms with Gasteiger partial charge in [-0.1, -0.05) is 24.3 Å². The monoisotopic (exact) mass is 288 g/mol. The van der Waals surface area contributed by atoms with Crippen LogP contribution < -0.4 is 5.30 Å². The molecule has 2 rings (SSSR count). The molecule has 0 aliphatic rings. The molecule has 0 aromatic heterocycles. The van der Waals surface area contributed by atoms with Crippen molar-refractivity contribution < 1.29 is 13.9 Å². The molecule has 0 fully saturated rings. The second-order valence-electron chi connectivity index (χ2n) is 4.72. The molecule has 104 valence electrons. The smallest absolute Gasteiger partial charge is 0.343 e. The number of hydrogen-bond donors (Lipinski definition) is 0. The van der Waals surface area contributed by atoms with Gasteiger partial charge in [0.25, 0.3) is 8.03 Å². The molecule has 4 heteroatoms. The fourth-order valence-electron chi connectivity index (χ4n) is 1.95. The van der Waals surface area contributed by atoms with Crippen molar-refractivity contribution in [2.24, 2.45) is 0 Å². The standard InChI is InChI=1S/C16H17O3P/c1-11-9-10-15(13(3)12(11)2)16(17)19-20(18)14-7-5-4-6-8-14/h4-10,20H,1-3H3. The van der Waals surface area contributed by atoms with Crippen molar-refractivity contribution >= 4 is 19.3 Å². The van der Waals surface area contributed by atoms with Gasteiger partial charge >= 0.3 is 5.97 Å². The van der Waals surface area contributed by atoms with E-state index in [9.17, 15) is 9.36 Å². The van der Waals surface area contributed by atoms with Gasteiger partial charge in [0, 0.05) is 5.30 Å². The van der Waals surface area contributed by atoms with E-state index in [2.05, 4.69) is 0 Å². The van der Waals surface area contributed by atoms with Gasteiger partial charge in [0.2, 0.25) is 0 Å². The highest BCUT2D eigenvalue weighted by Crippen LogP contribution is 2.26. The van der Waals surface area contributed by atoms with Crippen LogP contribution in [-0.4, -0.2) is 5.97 Å². The fraction of sp³-hybridized carbons (Fsp3) is 0.188. The molecule has 3 nitrogen and oxygen atoms in total. The van der Waals surface area contributed by atoms with Crippen molar-refractivity contribution in [2.75, 3.05) is 0 Å². The van der Waals surface area contributed by atoms with Gasteiger partial charge in [-0.25, -0.2) is 4.79 Å². The zero-order valence-corrected chi connectivity index (χ0v) is 12.8. The van der Waals surface area contributed by atoms with Gasteiger partial charge in [-0.15, -0.1) is 0 Å². The summed E-state index contributed by atoms with van der Waals surface area (Å²) in [4.78, 5) is 12.1. The maximum atomic E-state index is 12.1. The molecule has 1 unspecified atom stereocenters. The number of rotatable bonds is 3. The van der Waals surface area contributed by atoms with Crippen molar-refractivity contribution in [1.82, 2.24) is 0 Å². The minimum atomic E-state index is -2.55. The molecule has 0 saturated carbocycles. The van der Waals surface area contributed by atoms with Crippen molar-refractivity contribution in [1.29, 1.82) is 0 Å². The molecule has 0 saturated heterocycles. The van der Waals surface area contributed by atoms with E-state index in [1.807, 2.05) is 32.9 Å². The molecule has 0 aliphatic heterocycles. The van der Waals surface area contributed by atoms with Crippen LogP contribution in [0.5, 0.6) is 0 Å². The largest absolute Gasteiger partial charge is 0.407 e. The molecule has 0 amide bonds. The molecule has 0 spiro atoms. The van der Waals surface area contributed by atoms with Gasteiger partial charge < -0.3 is 4.52 Å². The Bertz CT molecular complexity index is 663. The molecule has 2 aromatic carbocycles. The Morgan fingerprint density at radius 3 is 2.25 bits per heavy atom. The van der Waals surface area contributed by atoms with Crippen LogP contribution in [0.1, 0.15) is 27.0 Å². The molecule has 0 bridgehead atoms. The van der Waals surface area contributed by atoms with Crippen molar-refractivity contribution in [3.05, 3.63) is 64.7 Å². The summed E-state index contributed by atoms with van der Waals surface area (Å²) in [5, 5.41) is 0.548. The summed E-state index contributed by atoms with van der Waals surface area (Å²) < 4.78 is 17.1. The van der Waals surface area contributed by atoms with Gasteiger partial charge in [0.05, 0.1) is 5.56 Å². The number of aryl methyl sites for hydroxylation is 1. The SMILES string of the molecule is Cc1ccc(C(=O)O[PH](=O)c2ccccc2)c(C)c1C. The highest BCUT2D eigenvalue weighted by atomic mass is 31.1. The van der Waals surface area contributed by atoms with Gasteiger partial charge in [-0.2, -0.15) is 0 Å². The Labute approximate surface area is 119 Å². The molecule has 20 heavy (non-hydrogen) atoms. The number of hydrogen-bond acceptors (Lipinski definition) is 3. The summed E-state index contributed by atoms with van der Waals surface area (Å²) in [7, 11) is -2.55. The maximum absolute atomic E-state index is 12.1. The van der Waals surface area contributed by atoms with Gasteiger partial charge in [0.15, 0.2) is 0 Å². The van der Waals surface area contributed by atoms with E-state index in [-0.39, 0.29) is 0 Å². The van der Waals surface area contributed by atoms with Crippen LogP contribution in [0.25, 0.3) is 0 Å². The Balaban J connectivity index is 2.21. The number of carbonyl (C=O) groups is 1. The highest BCUT2D eigenvalue weighted by molar-refractivity contribution is 7.49. The predicted molar refractivity (Wildman–Crippen MR) is 81.1 cm³/mol. The van der Waals surface area contributed by atoms with E-state index in [1.165, 1.54) is 0 Å². The summed E-state index contributed by atoms with van der Waals surface area (Å²) in [5.41, 5.74) is 3.52. The third-order valence-electron chi connectivity index (χ3n) is 3.47. The lowest BCUT2D eigenvalue weighted by molar-refractivity contribution is 0.0751. The average Bonchev–Trinajstić information content (AvgIpc) is 2.45. The summed E-state index contributed by atoms with van der Waals surface area (Å²) in [6.45, 7) is 5.82. The maximum Gasteiger partial charge on any atom is 0.343 e. The highest BCUT2D eigenvalue weighted by Gasteiger charge is 2.16. The van der Waals surface area contributed by atoms with Gasteiger partial charge in [-0.05, 0) is 55.7 Å². The minimum Gasteiger partial charge on any atom is -0.407 e. The first-order valence-electron chi connectivity index (χ1n) is 6.39. The lowest BCUT2D eigenvalue weighted by Crippen LogP contribution is -2.07. The molecule has 0 N–H and O–H groups in total. The lowest BCUT2D eigenvalue weighted by Gasteiger charge is -2.10. The Morgan fingerprint density at radius 1 is 0.950 bits per heavy atom. The number of benzene rings is 2. The molecule has 2 aromatic rings. The Morgan fingerprint density at radius 2 is 1.60 bits per heavy atom. The topological polar surface area (TPSA) is 43.4 Å². The Kier molecular flexibility index (Phi) is 4.41. The van der Waals surface area contributed by atoms with E-state index in [1.54, 1.807) is 30.3 Å². The van der Waals surface area contributed by atoms with Crippen LogP contribution in [0.2, 0.25) is 0 Å². The van der Waals surface area contributed by atoms with Crippen molar-refractivity contribution in [2.45, 2.75) is 20.8 Å². The second-order valence-corrected chi connectivity index (χ2v) is 6.08. The molecular weight excluding hydrogens is 271 g/mol. The van der Waals surface area contributed by atoms with Crippen LogP contribution in [-0.2, 0) is 9.09 Å². The van der Waals surface area contributed by atoms with Gasteiger partial charge in [-0.3, -0.25) is 4.57 Å². The van der Waals surface area contributed by atoms with Crippen LogP contribution in [0, 0.1) is 20.8 Å². The summed E-state index contributed by atoms with van der Waals surface area (Å²) in [6.07, 6.45) is 0. The van der Waals surface area contributed by atoms with E-state index in [0.29, 0.717) is 10.9 Å². The molecule has 0 heterocycles. The third kappa shape index (κ3) is 3.00. The summed E-state index contributed by atoms with van der Waals surface area (Å²) in [6, 6.07) is 12.4. The van der Waals surface area contributed by atoms with Crippen LogP contribution >= 0.6 is 8.03 Å². The van der Waals surface area contributed by atoms with Crippen molar-refractivity contribution in [3.8, 4) is 0 Å². The van der Waals surface area contributed by atoms with Crippen molar-refractivity contribution in [3.63, 3.8) is 0 Å². The normalized spacial score (nSPS) is 11.9. The average molecular weight is 288 g/mol. The number of carbonyl (C=O) groups excluding carboxylic acids is 1.